The number of carbonyl (C=O) groups is 1. The van der Waals surface area contributed by atoms with Crippen LogP contribution in [-0.2, 0) is 0 Å². The predicted octanol–water partition coefficient (Wildman–Crippen LogP) is 4.01. The number of likely N-dealkylation sites (tertiary alicyclic amines) is 1. The maximum Gasteiger partial charge on any atom is 0.194 e. The van der Waals surface area contributed by atoms with Gasteiger partial charge in [-0.3, -0.25) is 9.69 Å². The van der Waals surface area contributed by atoms with Crippen LogP contribution in [0.15, 0.2) is 36.4 Å². The molecule has 1 aliphatic heterocycles. The molecular formula is C20H20F3N3OS. The number of rotatable bonds is 4. The Kier molecular flexibility index (Phi) is 6.00. The van der Waals surface area contributed by atoms with Crippen LogP contribution in [0, 0.1) is 23.4 Å². The van der Waals surface area contributed by atoms with Crippen molar-refractivity contribution < 1.29 is 18.0 Å². The first-order valence-corrected chi connectivity index (χ1v) is 9.25. The molecule has 0 bridgehead atoms. The second-order valence-electron chi connectivity index (χ2n) is 6.89. The Morgan fingerprint density at radius 1 is 1.11 bits per heavy atom. The van der Waals surface area contributed by atoms with E-state index in [1.54, 1.807) is 24.3 Å². The fourth-order valence-electron chi connectivity index (χ4n) is 3.38. The van der Waals surface area contributed by atoms with Crippen molar-refractivity contribution in [2.45, 2.75) is 12.8 Å². The van der Waals surface area contributed by atoms with Gasteiger partial charge in [0.15, 0.2) is 28.3 Å². The third-order valence-electron chi connectivity index (χ3n) is 4.93. The zero-order chi connectivity index (χ0) is 20.4. The lowest BCUT2D eigenvalue weighted by molar-refractivity contribution is 0.0857. The largest absolute Gasteiger partial charge is 0.376 e. The highest BCUT2D eigenvalue weighted by atomic mass is 32.1. The SMILES string of the molecule is CN1CCC(C(=O)c2cccc(N(C(N)=S)c3cc(F)c(F)c(F)c3)c2)CC1. The zero-order valence-electron chi connectivity index (χ0n) is 15.3. The number of benzene rings is 2. The van der Waals surface area contributed by atoms with Gasteiger partial charge in [0.2, 0.25) is 0 Å². The van der Waals surface area contributed by atoms with Crippen molar-refractivity contribution in [1.29, 1.82) is 0 Å². The number of Topliss-reactive ketones (excluding diaryl/α,β-unsaturated/α-hetero) is 1. The smallest absolute Gasteiger partial charge is 0.194 e. The molecule has 28 heavy (non-hydrogen) atoms. The van der Waals surface area contributed by atoms with Crippen molar-refractivity contribution in [2.24, 2.45) is 11.7 Å². The maximum atomic E-state index is 13.7. The molecule has 1 heterocycles. The van der Waals surface area contributed by atoms with Crippen molar-refractivity contribution in [1.82, 2.24) is 4.90 Å². The number of thiocarbonyl (C=S) groups is 1. The molecule has 8 heteroatoms. The van der Waals surface area contributed by atoms with Gasteiger partial charge in [0.1, 0.15) is 0 Å². The second-order valence-corrected chi connectivity index (χ2v) is 7.31. The van der Waals surface area contributed by atoms with E-state index in [9.17, 15) is 18.0 Å². The van der Waals surface area contributed by atoms with Crippen LogP contribution >= 0.6 is 12.2 Å². The summed E-state index contributed by atoms with van der Waals surface area (Å²) in [6.45, 7) is 1.70. The first-order valence-electron chi connectivity index (χ1n) is 8.85. The molecule has 4 nitrogen and oxygen atoms in total. The highest BCUT2D eigenvalue weighted by Gasteiger charge is 2.25. The average molecular weight is 407 g/mol. The molecule has 1 fully saturated rings. The molecule has 0 unspecified atom stereocenters. The summed E-state index contributed by atoms with van der Waals surface area (Å²) in [6.07, 6.45) is 1.54. The number of nitrogens with two attached hydrogens (primary N) is 1. The number of hydrogen-bond donors (Lipinski definition) is 1. The summed E-state index contributed by atoms with van der Waals surface area (Å²) in [7, 11) is 2.02. The van der Waals surface area contributed by atoms with Gasteiger partial charge in [-0.1, -0.05) is 12.1 Å². The molecule has 2 aromatic rings. The lowest BCUT2D eigenvalue weighted by Crippen LogP contribution is -2.34. The highest BCUT2D eigenvalue weighted by molar-refractivity contribution is 7.80. The van der Waals surface area contributed by atoms with Crippen LogP contribution < -0.4 is 10.6 Å². The summed E-state index contributed by atoms with van der Waals surface area (Å²) in [6, 6.07) is 8.15. The van der Waals surface area contributed by atoms with Crippen molar-refractivity contribution in [3.8, 4) is 0 Å². The number of halogens is 3. The quantitative estimate of drug-likeness (QED) is 0.472. The predicted molar refractivity (Wildman–Crippen MR) is 106 cm³/mol. The van der Waals surface area contributed by atoms with E-state index in [-0.39, 0.29) is 22.5 Å². The number of carbonyl (C=O) groups excluding carboxylic acids is 1. The molecule has 0 aromatic heterocycles. The first-order chi connectivity index (χ1) is 13.3. The van der Waals surface area contributed by atoms with E-state index in [0.29, 0.717) is 11.3 Å². The van der Waals surface area contributed by atoms with E-state index in [0.717, 1.165) is 38.1 Å². The highest BCUT2D eigenvalue weighted by Crippen LogP contribution is 2.30. The number of hydrogen-bond acceptors (Lipinski definition) is 3. The number of ketones is 1. The van der Waals surface area contributed by atoms with Crippen LogP contribution in [0.25, 0.3) is 0 Å². The number of anilines is 2. The summed E-state index contributed by atoms with van der Waals surface area (Å²) in [5.41, 5.74) is 6.53. The lowest BCUT2D eigenvalue weighted by atomic mass is 9.89. The van der Waals surface area contributed by atoms with Crippen LogP contribution in [-0.4, -0.2) is 35.9 Å². The monoisotopic (exact) mass is 407 g/mol. The molecule has 1 saturated heterocycles. The third-order valence-corrected chi connectivity index (χ3v) is 5.11. The van der Waals surface area contributed by atoms with E-state index < -0.39 is 17.5 Å². The Labute approximate surface area is 166 Å². The summed E-state index contributed by atoms with van der Waals surface area (Å²) in [5.74, 6) is -4.35. The van der Waals surface area contributed by atoms with Gasteiger partial charge in [-0.25, -0.2) is 13.2 Å². The van der Waals surface area contributed by atoms with Crippen molar-refractivity contribution in [2.75, 3.05) is 25.0 Å². The van der Waals surface area contributed by atoms with Crippen LogP contribution in [0.3, 0.4) is 0 Å². The minimum absolute atomic E-state index is 0.00862. The van der Waals surface area contributed by atoms with Gasteiger partial charge in [-0.05, 0) is 57.3 Å². The molecule has 0 spiro atoms. The standard InChI is InChI=1S/C20H20F3N3OS/c1-25-7-5-12(6-8-25)19(27)13-3-2-4-14(9-13)26(20(24)28)15-10-16(21)18(23)17(22)11-15/h2-4,9-12H,5-8H2,1H3,(H2,24,28). The van der Waals surface area contributed by atoms with Crippen LogP contribution in [0.1, 0.15) is 23.2 Å². The number of nitrogens with zero attached hydrogens (tertiary/aromatic N) is 2. The fourth-order valence-corrected chi connectivity index (χ4v) is 3.59. The van der Waals surface area contributed by atoms with Gasteiger partial charge in [0.05, 0.1) is 5.69 Å². The molecule has 148 valence electrons. The average Bonchev–Trinajstić information content (AvgIpc) is 2.66. The molecule has 0 saturated carbocycles. The van der Waals surface area contributed by atoms with Crippen LogP contribution in [0.5, 0.6) is 0 Å². The summed E-state index contributed by atoms with van der Waals surface area (Å²) in [5, 5.41) is -0.186. The molecule has 0 amide bonds. The van der Waals surface area contributed by atoms with E-state index in [4.69, 9.17) is 18.0 Å². The fraction of sp³-hybridized carbons (Fsp3) is 0.300. The topological polar surface area (TPSA) is 49.6 Å². The Bertz CT molecular complexity index is 890. The molecule has 2 N–H and O–H groups in total. The number of piperidine rings is 1. The van der Waals surface area contributed by atoms with Crippen LogP contribution in [0.4, 0.5) is 24.5 Å². The van der Waals surface area contributed by atoms with E-state index in [1.807, 2.05) is 7.05 Å². The summed E-state index contributed by atoms with van der Waals surface area (Å²) in [4.78, 5) is 16.2. The van der Waals surface area contributed by atoms with Crippen LogP contribution in [0.2, 0.25) is 0 Å². The Morgan fingerprint density at radius 3 is 2.29 bits per heavy atom. The molecular weight excluding hydrogens is 387 g/mol. The van der Waals surface area contributed by atoms with Gasteiger partial charge >= 0.3 is 0 Å². The van der Waals surface area contributed by atoms with Crippen molar-refractivity contribution in [3.05, 3.63) is 59.4 Å². The van der Waals surface area contributed by atoms with E-state index in [2.05, 4.69) is 4.90 Å². The Balaban J connectivity index is 1.94. The van der Waals surface area contributed by atoms with Gasteiger partial charge < -0.3 is 10.6 Å². The van der Waals surface area contributed by atoms with Gasteiger partial charge in [-0.2, -0.15) is 0 Å². The second kappa shape index (κ2) is 8.28. The zero-order valence-corrected chi connectivity index (χ0v) is 16.1. The molecule has 0 radical (unpaired) electrons. The van der Waals surface area contributed by atoms with Gasteiger partial charge in [0, 0.05) is 29.3 Å². The molecule has 0 atom stereocenters. The maximum absolute atomic E-state index is 13.7. The van der Waals surface area contributed by atoms with Crippen molar-refractivity contribution >= 4 is 34.5 Å². The first kappa shape index (κ1) is 20.3. The van der Waals surface area contributed by atoms with Crippen molar-refractivity contribution in [3.63, 3.8) is 0 Å². The summed E-state index contributed by atoms with van der Waals surface area (Å²) >= 11 is 5.02. The van der Waals surface area contributed by atoms with E-state index in [1.165, 1.54) is 4.90 Å². The lowest BCUT2D eigenvalue weighted by Gasteiger charge is -2.28. The molecule has 0 aliphatic carbocycles. The third kappa shape index (κ3) is 4.18. The molecule has 3 rings (SSSR count). The molecule has 2 aromatic carbocycles. The summed E-state index contributed by atoms with van der Waals surface area (Å²) < 4.78 is 40.7. The normalized spacial score (nSPS) is 15.4. The van der Waals surface area contributed by atoms with E-state index >= 15 is 0 Å². The molecule has 1 aliphatic rings. The van der Waals surface area contributed by atoms with Gasteiger partial charge in [-0.15, -0.1) is 0 Å². The Hall–Kier alpha value is -2.45. The minimum Gasteiger partial charge on any atom is -0.376 e. The Morgan fingerprint density at radius 2 is 1.71 bits per heavy atom. The van der Waals surface area contributed by atoms with Gasteiger partial charge in [0.25, 0.3) is 0 Å². The minimum atomic E-state index is -1.57.